The van der Waals surface area contributed by atoms with Crippen molar-refractivity contribution in [3.63, 3.8) is 0 Å². The van der Waals surface area contributed by atoms with E-state index in [1.54, 1.807) is 0 Å². The Bertz CT molecular complexity index is 357. The van der Waals surface area contributed by atoms with E-state index in [2.05, 4.69) is 5.32 Å². The van der Waals surface area contributed by atoms with Gasteiger partial charge in [-0.25, -0.2) is 0 Å². The molecule has 0 bridgehead atoms. The largest absolute Gasteiger partial charge is 0.344 e. The van der Waals surface area contributed by atoms with Crippen molar-refractivity contribution in [3.05, 3.63) is 0 Å². The average Bonchev–Trinajstić information content (AvgIpc) is 2.88. The zero-order chi connectivity index (χ0) is 14.0. The average molecular weight is 267 g/mol. The monoisotopic (exact) mass is 267 g/mol. The molecule has 1 heterocycles. The van der Waals surface area contributed by atoms with Gasteiger partial charge in [0.1, 0.15) is 6.04 Å². The summed E-state index contributed by atoms with van der Waals surface area (Å²) in [6, 6.07) is 0.0300. The number of rotatable bonds is 4. The number of nitrogens with zero attached hydrogens (tertiary/aromatic N) is 1. The summed E-state index contributed by atoms with van der Waals surface area (Å²) >= 11 is 0. The Morgan fingerprint density at radius 1 is 1.42 bits per heavy atom. The third-order valence-corrected chi connectivity index (χ3v) is 4.36. The molecule has 0 aromatic heterocycles. The summed E-state index contributed by atoms with van der Waals surface area (Å²) in [6.07, 6.45) is 4.35. The van der Waals surface area contributed by atoms with Crippen LogP contribution in [0.15, 0.2) is 0 Å². The molecule has 2 aliphatic rings. The Hall–Kier alpha value is -1.10. The summed E-state index contributed by atoms with van der Waals surface area (Å²) in [4.78, 5) is 25.9. The molecule has 108 valence electrons. The quantitative estimate of drug-likeness (QED) is 0.784. The zero-order valence-electron chi connectivity index (χ0n) is 11.9. The van der Waals surface area contributed by atoms with Crippen molar-refractivity contribution in [1.29, 1.82) is 0 Å². The number of likely N-dealkylation sites (tertiary alicyclic amines) is 1. The van der Waals surface area contributed by atoms with Crippen molar-refractivity contribution in [2.24, 2.45) is 11.7 Å². The van der Waals surface area contributed by atoms with Gasteiger partial charge in [-0.1, -0.05) is 6.42 Å². The van der Waals surface area contributed by atoms with Crippen LogP contribution in [0, 0.1) is 5.92 Å². The zero-order valence-corrected chi connectivity index (χ0v) is 11.9. The molecule has 5 heteroatoms. The Labute approximate surface area is 114 Å². The molecule has 1 unspecified atom stereocenters. The summed E-state index contributed by atoms with van der Waals surface area (Å²) in [5.41, 5.74) is 5.97. The van der Waals surface area contributed by atoms with Crippen LogP contribution in [-0.2, 0) is 9.59 Å². The van der Waals surface area contributed by atoms with Crippen LogP contribution >= 0.6 is 0 Å². The van der Waals surface area contributed by atoms with Gasteiger partial charge in [0.2, 0.25) is 11.8 Å². The summed E-state index contributed by atoms with van der Waals surface area (Å²) in [7, 11) is 0. The van der Waals surface area contributed by atoms with Gasteiger partial charge in [-0.15, -0.1) is 0 Å². The Morgan fingerprint density at radius 3 is 2.68 bits per heavy atom. The van der Waals surface area contributed by atoms with Crippen molar-refractivity contribution >= 4 is 11.8 Å². The molecule has 1 saturated heterocycles. The maximum atomic E-state index is 12.1. The van der Waals surface area contributed by atoms with E-state index in [9.17, 15) is 9.59 Å². The Kier molecular flexibility index (Phi) is 4.45. The number of carbonyl (C=O) groups is 2. The fourth-order valence-corrected chi connectivity index (χ4v) is 3.16. The van der Waals surface area contributed by atoms with E-state index in [1.165, 1.54) is 0 Å². The molecule has 0 spiro atoms. The predicted molar refractivity (Wildman–Crippen MR) is 73.3 cm³/mol. The SMILES string of the molecule is CC(C)N1CCC(NC(=O)C[C@@H]2CCC[C@H]2N)C1=O. The van der Waals surface area contributed by atoms with E-state index in [1.807, 2.05) is 18.7 Å². The predicted octanol–water partition coefficient (Wildman–Crippen LogP) is 0.629. The number of amides is 2. The third-order valence-electron chi connectivity index (χ3n) is 4.36. The van der Waals surface area contributed by atoms with Crippen LogP contribution in [0.3, 0.4) is 0 Å². The second kappa shape index (κ2) is 5.90. The third kappa shape index (κ3) is 3.26. The lowest BCUT2D eigenvalue weighted by molar-refractivity contribution is -0.134. The van der Waals surface area contributed by atoms with E-state index in [4.69, 9.17) is 5.73 Å². The lowest BCUT2D eigenvalue weighted by Gasteiger charge is -2.21. The minimum Gasteiger partial charge on any atom is -0.344 e. The van der Waals surface area contributed by atoms with Crippen LogP contribution < -0.4 is 11.1 Å². The van der Waals surface area contributed by atoms with E-state index in [0.717, 1.165) is 32.2 Å². The maximum absolute atomic E-state index is 12.1. The normalized spacial score (nSPS) is 31.3. The van der Waals surface area contributed by atoms with Crippen molar-refractivity contribution in [3.8, 4) is 0 Å². The number of hydrogen-bond acceptors (Lipinski definition) is 3. The van der Waals surface area contributed by atoms with Gasteiger partial charge < -0.3 is 16.0 Å². The second-order valence-corrected chi connectivity index (χ2v) is 6.09. The highest BCUT2D eigenvalue weighted by Gasteiger charge is 2.34. The summed E-state index contributed by atoms with van der Waals surface area (Å²) in [5, 5.41) is 2.88. The lowest BCUT2D eigenvalue weighted by Crippen LogP contribution is -2.44. The number of hydrogen-bond donors (Lipinski definition) is 2. The van der Waals surface area contributed by atoms with E-state index >= 15 is 0 Å². The van der Waals surface area contributed by atoms with E-state index in [0.29, 0.717) is 6.42 Å². The van der Waals surface area contributed by atoms with Gasteiger partial charge in [0.25, 0.3) is 0 Å². The number of nitrogens with one attached hydrogen (secondary N) is 1. The first kappa shape index (κ1) is 14.3. The molecule has 2 fully saturated rings. The molecular formula is C14H25N3O2. The van der Waals surface area contributed by atoms with Crippen LogP contribution in [0.25, 0.3) is 0 Å². The van der Waals surface area contributed by atoms with E-state index < -0.39 is 0 Å². The maximum Gasteiger partial charge on any atom is 0.245 e. The first-order chi connectivity index (χ1) is 8.99. The molecule has 2 amide bonds. The standard InChI is InChI=1S/C14H25N3O2/c1-9(2)17-7-6-12(14(17)19)16-13(18)8-10-4-3-5-11(10)15/h9-12H,3-8,15H2,1-2H3,(H,16,18)/t10-,11+,12?/m0/s1. The van der Waals surface area contributed by atoms with E-state index in [-0.39, 0.29) is 35.9 Å². The van der Waals surface area contributed by atoms with Crippen LogP contribution in [0.4, 0.5) is 0 Å². The Morgan fingerprint density at radius 2 is 2.16 bits per heavy atom. The van der Waals surface area contributed by atoms with Crippen molar-refractivity contribution in [2.45, 2.75) is 64.1 Å². The summed E-state index contributed by atoms with van der Waals surface area (Å²) in [6.45, 7) is 4.74. The lowest BCUT2D eigenvalue weighted by atomic mass is 9.99. The molecular weight excluding hydrogens is 242 g/mol. The summed E-state index contributed by atoms with van der Waals surface area (Å²) < 4.78 is 0. The highest BCUT2D eigenvalue weighted by Crippen LogP contribution is 2.26. The van der Waals surface area contributed by atoms with Crippen LogP contribution in [-0.4, -0.2) is 41.4 Å². The van der Waals surface area contributed by atoms with Gasteiger partial charge in [0.05, 0.1) is 0 Å². The number of nitrogens with two attached hydrogens (primary N) is 1. The van der Waals surface area contributed by atoms with Gasteiger partial charge in [-0.3, -0.25) is 9.59 Å². The molecule has 3 atom stereocenters. The molecule has 3 N–H and O–H groups in total. The fraction of sp³-hybridized carbons (Fsp3) is 0.857. The molecule has 5 nitrogen and oxygen atoms in total. The highest BCUT2D eigenvalue weighted by molar-refractivity contribution is 5.89. The molecule has 2 rings (SSSR count). The first-order valence-electron chi connectivity index (χ1n) is 7.34. The minimum atomic E-state index is -0.326. The Balaban J connectivity index is 1.81. The molecule has 1 aliphatic carbocycles. The molecule has 0 radical (unpaired) electrons. The minimum absolute atomic E-state index is 0.0219. The second-order valence-electron chi connectivity index (χ2n) is 6.09. The van der Waals surface area contributed by atoms with Gasteiger partial charge in [-0.2, -0.15) is 0 Å². The van der Waals surface area contributed by atoms with Gasteiger partial charge in [-0.05, 0) is 39.0 Å². The topological polar surface area (TPSA) is 75.4 Å². The van der Waals surface area contributed by atoms with Crippen LogP contribution in [0.2, 0.25) is 0 Å². The van der Waals surface area contributed by atoms with Crippen molar-refractivity contribution < 1.29 is 9.59 Å². The molecule has 0 aromatic rings. The van der Waals surface area contributed by atoms with Crippen LogP contribution in [0.5, 0.6) is 0 Å². The van der Waals surface area contributed by atoms with Gasteiger partial charge >= 0.3 is 0 Å². The van der Waals surface area contributed by atoms with Crippen molar-refractivity contribution in [2.75, 3.05) is 6.54 Å². The molecule has 0 aromatic carbocycles. The summed E-state index contributed by atoms with van der Waals surface area (Å²) in [5.74, 6) is 0.322. The molecule has 1 aliphatic heterocycles. The number of carbonyl (C=O) groups excluding carboxylic acids is 2. The van der Waals surface area contributed by atoms with Crippen LogP contribution in [0.1, 0.15) is 46.0 Å². The first-order valence-corrected chi connectivity index (χ1v) is 7.34. The fourth-order valence-electron chi connectivity index (χ4n) is 3.16. The molecule has 19 heavy (non-hydrogen) atoms. The van der Waals surface area contributed by atoms with Gasteiger partial charge in [0.15, 0.2) is 0 Å². The van der Waals surface area contributed by atoms with Gasteiger partial charge in [0, 0.05) is 25.0 Å². The molecule has 1 saturated carbocycles. The highest BCUT2D eigenvalue weighted by atomic mass is 16.2. The smallest absolute Gasteiger partial charge is 0.245 e. The van der Waals surface area contributed by atoms with Crippen molar-refractivity contribution in [1.82, 2.24) is 10.2 Å².